The Kier molecular flexibility index (Phi) is 19.9. The zero-order chi connectivity index (χ0) is 21.7. The maximum atomic E-state index is 2.38. The third-order valence-corrected chi connectivity index (χ3v) is 9.22. The van der Waals surface area contributed by atoms with Crippen LogP contribution in [0.5, 0.6) is 0 Å². The number of thioether (sulfide) groups is 3. The first-order chi connectivity index (χ1) is 14.8. The minimum Gasteiger partial charge on any atom is -0.125 e. The molecule has 0 unspecified atom stereocenters. The van der Waals surface area contributed by atoms with Gasteiger partial charge < -0.3 is 0 Å². The quantitative estimate of drug-likeness (QED) is 0.130. The summed E-state index contributed by atoms with van der Waals surface area (Å²) in [5, 5.41) is 0. The molecule has 0 saturated heterocycles. The van der Waals surface area contributed by atoms with Gasteiger partial charge in [0.2, 0.25) is 0 Å². The smallest absolute Gasteiger partial charge is 0.0344 e. The molecule has 3 heteroatoms. The third-order valence-electron chi connectivity index (χ3n) is 5.45. The van der Waals surface area contributed by atoms with E-state index < -0.39 is 0 Å². The summed E-state index contributed by atoms with van der Waals surface area (Å²) in [5.74, 6) is 3.83. The van der Waals surface area contributed by atoms with E-state index in [0.29, 0.717) is 0 Å². The largest absolute Gasteiger partial charge is 0.125 e. The van der Waals surface area contributed by atoms with Crippen molar-refractivity contribution in [3.05, 3.63) is 18.2 Å². The molecule has 0 radical (unpaired) electrons. The predicted octanol–water partition coefficient (Wildman–Crippen LogP) is 10.9. The fourth-order valence-electron chi connectivity index (χ4n) is 3.52. The van der Waals surface area contributed by atoms with Crippen molar-refractivity contribution in [2.45, 2.75) is 132 Å². The van der Waals surface area contributed by atoms with Gasteiger partial charge in [0.1, 0.15) is 0 Å². The van der Waals surface area contributed by atoms with Gasteiger partial charge in [0.25, 0.3) is 0 Å². The molecule has 0 aliphatic carbocycles. The van der Waals surface area contributed by atoms with E-state index in [1.165, 1.54) is 114 Å². The van der Waals surface area contributed by atoms with E-state index in [1.54, 1.807) is 14.7 Å². The summed E-state index contributed by atoms with van der Waals surface area (Å²) in [6.45, 7) is 6.90. The van der Waals surface area contributed by atoms with E-state index in [1.807, 2.05) is 0 Å². The second kappa shape index (κ2) is 21.1. The molecule has 0 fully saturated rings. The van der Waals surface area contributed by atoms with Gasteiger partial charge in [-0.05, 0) is 48.7 Å². The van der Waals surface area contributed by atoms with Crippen LogP contribution in [0.25, 0.3) is 0 Å². The van der Waals surface area contributed by atoms with Gasteiger partial charge in [-0.15, -0.1) is 35.3 Å². The zero-order valence-corrected chi connectivity index (χ0v) is 22.6. The Morgan fingerprint density at radius 2 is 0.833 bits per heavy atom. The molecule has 0 heterocycles. The molecule has 0 aliphatic rings. The lowest BCUT2D eigenvalue weighted by atomic mass is 10.2. The topological polar surface area (TPSA) is 0 Å². The van der Waals surface area contributed by atoms with Gasteiger partial charge in [-0.2, -0.15) is 0 Å². The predicted molar refractivity (Wildman–Crippen MR) is 145 cm³/mol. The molecule has 0 N–H and O–H groups in total. The van der Waals surface area contributed by atoms with Crippen LogP contribution in [0.1, 0.15) is 117 Å². The van der Waals surface area contributed by atoms with Crippen molar-refractivity contribution in [2.24, 2.45) is 0 Å². The van der Waals surface area contributed by atoms with Gasteiger partial charge in [0, 0.05) is 14.7 Å². The highest BCUT2D eigenvalue weighted by atomic mass is 32.2. The highest BCUT2D eigenvalue weighted by Crippen LogP contribution is 2.39. The first kappa shape index (κ1) is 28.3. The normalized spacial score (nSPS) is 11.3. The van der Waals surface area contributed by atoms with Gasteiger partial charge in [-0.3, -0.25) is 0 Å². The Bertz CT molecular complexity index is 467. The van der Waals surface area contributed by atoms with Crippen LogP contribution in [-0.4, -0.2) is 17.3 Å². The lowest BCUT2D eigenvalue weighted by molar-refractivity contribution is 0.658. The molecular weight excluding hydrogens is 420 g/mol. The molecule has 174 valence electrons. The summed E-state index contributed by atoms with van der Waals surface area (Å²) in [5.41, 5.74) is 0. The minimum absolute atomic E-state index is 1.28. The van der Waals surface area contributed by atoms with Gasteiger partial charge in [-0.1, -0.05) is 104 Å². The fourth-order valence-corrected chi connectivity index (χ4v) is 7.23. The van der Waals surface area contributed by atoms with Crippen LogP contribution < -0.4 is 0 Å². The monoisotopic (exact) mass is 468 g/mol. The fraction of sp³-hybridized carbons (Fsp3) is 0.778. The Morgan fingerprint density at radius 1 is 0.467 bits per heavy atom. The summed E-state index contributed by atoms with van der Waals surface area (Å²) in [6, 6.07) is 7.05. The average molecular weight is 469 g/mol. The molecule has 1 aromatic carbocycles. The van der Waals surface area contributed by atoms with Gasteiger partial charge in [-0.25, -0.2) is 0 Å². The summed E-state index contributed by atoms with van der Waals surface area (Å²) in [4.78, 5) is 4.67. The highest BCUT2D eigenvalue weighted by Gasteiger charge is 2.10. The molecule has 30 heavy (non-hydrogen) atoms. The van der Waals surface area contributed by atoms with E-state index in [0.717, 1.165) is 0 Å². The maximum absolute atomic E-state index is 2.38. The van der Waals surface area contributed by atoms with E-state index in [4.69, 9.17) is 0 Å². The van der Waals surface area contributed by atoms with Crippen LogP contribution in [0.3, 0.4) is 0 Å². The Morgan fingerprint density at radius 3 is 1.23 bits per heavy atom. The van der Waals surface area contributed by atoms with Gasteiger partial charge in [0.05, 0.1) is 0 Å². The summed E-state index contributed by atoms with van der Waals surface area (Å²) >= 11 is 6.35. The van der Waals surface area contributed by atoms with Crippen LogP contribution in [0.2, 0.25) is 0 Å². The minimum atomic E-state index is 1.28. The molecule has 1 rings (SSSR count). The van der Waals surface area contributed by atoms with E-state index in [-0.39, 0.29) is 0 Å². The van der Waals surface area contributed by atoms with Gasteiger partial charge >= 0.3 is 0 Å². The second-order valence-electron chi connectivity index (χ2n) is 8.37. The van der Waals surface area contributed by atoms with Crippen LogP contribution in [0, 0.1) is 0 Å². The molecule has 0 spiro atoms. The lowest BCUT2D eigenvalue weighted by Crippen LogP contribution is -1.90. The molecule has 0 aromatic heterocycles. The molecule has 0 saturated carbocycles. The Labute approximate surface area is 201 Å². The van der Waals surface area contributed by atoms with Crippen molar-refractivity contribution in [1.29, 1.82) is 0 Å². The van der Waals surface area contributed by atoms with E-state index in [2.05, 4.69) is 74.3 Å². The van der Waals surface area contributed by atoms with E-state index >= 15 is 0 Å². The zero-order valence-electron chi connectivity index (χ0n) is 20.2. The highest BCUT2D eigenvalue weighted by molar-refractivity contribution is 8.03. The summed E-state index contributed by atoms with van der Waals surface area (Å²) in [6.07, 6.45) is 20.7. The maximum Gasteiger partial charge on any atom is 0.0344 e. The summed E-state index contributed by atoms with van der Waals surface area (Å²) < 4.78 is 0. The van der Waals surface area contributed by atoms with Crippen molar-refractivity contribution in [2.75, 3.05) is 17.3 Å². The van der Waals surface area contributed by atoms with Crippen molar-refractivity contribution in [3.8, 4) is 0 Å². The number of rotatable bonds is 21. The van der Waals surface area contributed by atoms with Gasteiger partial charge in [0.15, 0.2) is 0 Å². The molecule has 1 aromatic rings. The summed E-state index contributed by atoms with van der Waals surface area (Å²) in [7, 11) is 0. The SMILES string of the molecule is CCCCCCCSc1cccc(SCCCCCCC)c1SCCCCCCC. The first-order valence-corrected chi connectivity index (χ1v) is 15.8. The molecular formula is C27H48S3. The number of hydrogen-bond acceptors (Lipinski definition) is 3. The molecule has 0 atom stereocenters. The average Bonchev–Trinajstić information content (AvgIpc) is 2.76. The number of hydrogen-bond donors (Lipinski definition) is 0. The Hall–Kier alpha value is 0.270. The van der Waals surface area contributed by atoms with E-state index in [9.17, 15) is 0 Å². The standard InChI is InChI=1S/C27H48S3/c1-4-7-10-13-16-22-28-25-20-19-21-26(29-23-17-14-11-8-5-2)27(25)30-24-18-15-12-9-6-3/h19-21H,4-18,22-24H2,1-3H3. The van der Waals surface area contributed by atoms with Crippen molar-refractivity contribution in [1.82, 2.24) is 0 Å². The second-order valence-corrected chi connectivity index (χ2v) is 11.8. The third kappa shape index (κ3) is 14.4. The van der Waals surface area contributed by atoms with Crippen molar-refractivity contribution < 1.29 is 0 Å². The molecule has 0 aliphatic heterocycles. The Balaban J connectivity index is 2.55. The molecule has 0 nitrogen and oxygen atoms in total. The van der Waals surface area contributed by atoms with Crippen molar-refractivity contribution in [3.63, 3.8) is 0 Å². The van der Waals surface area contributed by atoms with Crippen molar-refractivity contribution >= 4 is 35.3 Å². The number of unbranched alkanes of at least 4 members (excludes halogenated alkanes) is 12. The first-order valence-electron chi connectivity index (χ1n) is 12.8. The number of benzene rings is 1. The van der Waals surface area contributed by atoms with Crippen LogP contribution >= 0.6 is 35.3 Å². The lowest BCUT2D eigenvalue weighted by Gasteiger charge is -2.14. The van der Waals surface area contributed by atoms with Crippen LogP contribution in [0.15, 0.2) is 32.9 Å². The molecule has 0 amide bonds. The molecule has 0 bridgehead atoms. The van der Waals surface area contributed by atoms with Crippen LogP contribution in [0.4, 0.5) is 0 Å². The van der Waals surface area contributed by atoms with Crippen LogP contribution in [-0.2, 0) is 0 Å².